The van der Waals surface area contributed by atoms with Crippen LogP contribution in [0.5, 0.6) is 0 Å². The number of benzene rings is 1. The number of aliphatic hydroxyl groups is 1. The molecule has 1 fully saturated rings. The van der Waals surface area contributed by atoms with E-state index < -0.39 is 6.61 Å². The lowest BCUT2D eigenvalue weighted by molar-refractivity contribution is -0.123. The van der Waals surface area contributed by atoms with Gasteiger partial charge in [0.1, 0.15) is 6.61 Å². The third kappa shape index (κ3) is 2.36. The predicted octanol–water partition coefficient (Wildman–Crippen LogP) is 1.48. The number of rotatable bonds is 4. The standard InChI is InChI=1S/C12H14ClNO2/c13-10-3-1-9(2-4-10)12(5-6-12)8-14-11(16)7-15/h1-4,15H,5-8H2,(H,14,16). The van der Waals surface area contributed by atoms with Gasteiger partial charge < -0.3 is 10.4 Å². The Kier molecular flexibility index (Phi) is 3.17. The fourth-order valence-electron chi connectivity index (χ4n) is 1.85. The molecule has 0 saturated heterocycles. The number of aliphatic hydroxyl groups excluding tert-OH is 1. The van der Waals surface area contributed by atoms with Crippen LogP contribution < -0.4 is 5.32 Å². The van der Waals surface area contributed by atoms with Crippen LogP contribution in [-0.4, -0.2) is 24.2 Å². The minimum atomic E-state index is -0.448. The van der Waals surface area contributed by atoms with E-state index >= 15 is 0 Å². The summed E-state index contributed by atoms with van der Waals surface area (Å²) in [7, 11) is 0. The van der Waals surface area contributed by atoms with Crippen LogP contribution in [0.4, 0.5) is 0 Å². The van der Waals surface area contributed by atoms with E-state index in [2.05, 4.69) is 5.32 Å². The van der Waals surface area contributed by atoms with Crippen LogP contribution in [0, 0.1) is 0 Å². The van der Waals surface area contributed by atoms with Crippen LogP contribution in [0.25, 0.3) is 0 Å². The maximum absolute atomic E-state index is 11.0. The Labute approximate surface area is 99.4 Å². The van der Waals surface area contributed by atoms with Crippen LogP contribution in [0.3, 0.4) is 0 Å². The molecule has 1 aliphatic carbocycles. The molecule has 1 saturated carbocycles. The molecule has 4 heteroatoms. The second-order valence-corrected chi connectivity index (χ2v) is 4.66. The highest BCUT2D eigenvalue weighted by molar-refractivity contribution is 6.30. The number of hydrogen-bond donors (Lipinski definition) is 2. The first kappa shape index (κ1) is 11.4. The fourth-order valence-corrected chi connectivity index (χ4v) is 1.97. The predicted molar refractivity (Wildman–Crippen MR) is 62.5 cm³/mol. The Morgan fingerprint density at radius 3 is 2.50 bits per heavy atom. The SMILES string of the molecule is O=C(CO)NCC1(c2ccc(Cl)cc2)CC1. The zero-order valence-electron chi connectivity index (χ0n) is 8.87. The first-order valence-corrected chi connectivity index (χ1v) is 5.68. The van der Waals surface area contributed by atoms with Crippen LogP contribution in [-0.2, 0) is 10.2 Å². The van der Waals surface area contributed by atoms with E-state index in [1.165, 1.54) is 5.56 Å². The van der Waals surface area contributed by atoms with Crippen LogP contribution >= 0.6 is 11.6 Å². The molecule has 0 aliphatic heterocycles. The van der Waals surface area contributed by atoms with Gasteiger partial charge in [-0.3, -0.25) is 4.79 Å². The highest BCUT2D eigenvalue weighted by atomic mass is 35.5. The minimum absolute atomic E-state index is 0.0649. The molecule has 1 aromatic carbocycles. The van der Waals surface area contributed by atoms with E-state index in [9.17, 15) is 4.79 Å². The van der Waals surface area contributed by atoms with Crippen molar-refractivity contribution in [2.45, 2.75) is 18.3 Å². The van der Waals surface area contributed by atoms with Crippen LogP contribution in [0.15, 0.2) is 24.3 Å². The van der Waals surface area contributed by atoms with E-state index in [-0.39, 0.29) is 11.3 Å². The van der Waals surface area contributed by atoms with Gasteiger partial charge in [-0.15, -0.1) is 0 Å². The van der Waals surface area contributed by atoms with Gasteiger partial charge in [-0.25, -0.2) is 0 Å². The van der Waals surface area contributed by atoms with E-state index in [0.717, 1.165) is 17.9 Å². The molecule has 0 aromatic heterocycles. The molecule has 0 spiro atoms. The van der Waals surface area contributed by atoms with Crippen LogP contribution in [0.2, 0.25) is 5.02 Å². The van der Waals surface area contributed by atoms with Crippen molar-refractivity contribution in [3.05, 3.63) is 34.9 Å². The summed E-state index contributed by atoms with van der Waals surface area (Å²) in [5.41, 5.74) is 1.27. The van der Waals surface area contributed by atoms with Crippen molar-refractivity contribution in [2.75, 3.05) is 13.2 Å². The quantitative estimate of drug-likeness (QED) is 0.836. The summed E-state index contributed by atoms with van der Waals surface area (Å²) < 4.78 is 0. The van der Waals surface area contributed by atoms with Gasteiger partial charge >= 0.3 is 0 Å². The molecular formula is C12H14ClNO2. The topological polar surface area (TPSA) is 49.3 Å². The van der Waals surface area contributed by atoms with Crippen LogP contribution in [0.1, 0.15) is 18.4 Å². The van der Waals surface area contributed by atoms with Gasteiger partial charge in [0.2, 0.25) is 5.91 Å². The molecule has 1 amide bonds. The third-order valence-electron chi connectivity index (χ3n) is 3.08. The molecule has 86 valence electrons. The number of hydrogen-bond acceptors (Lipinski definition) is 2. The van der Waals surface area contributed by atoms with E-state index in [0.29, 0.717) is 6.54 Å². The molecule has 0 heterocycles. The molecule has 1 aliphatic rings. The Balaban J connectivity index is 2.02. The van der Waals surface area contributed by atoms with Crippen molar-refractivity contribution < 1.29 is 9.90 Å². The van der Waals surface area contributed by atoms with Crippen molar-refractivity contribution in [1.82, 2.24) is 5.32 Å². The molecule has 3 nitrogen and oxygen atoms in total. The first-order chi connectivity index (χ1) is 7.66. The summed E-state index contributed by atoms with van der Waals surface area (Å²) in [6.45, 7) is 0.144. The Morgan fingerprint density at radius 2 is 2.00 bits per heavy atom. The Hall–Kier alpha value is -1.06. The minimum Gasteiger partial charge on any atom is -0.387 e. The number of halogens is 1. The molecule has 0 atom stereocenters. The maximum atomic E-state index is 11.0. The summed E-state index contributed by atoms with van der Waals surface area (Å²) >= 11 is 5.83. The summed E-state index contributed by atoms with van der Waals surface area (Å²) in [4.78, 5) is 11.0. The van der Waals surface area contributed by atoms with E-state index in [1.54, 1.807) is 0 Å². The monoisotopic (exact) mass is 239 g/mol. The van der Waals surface area contributed by atoms with Crippen molar-refractivity contribution in [3.63, 3.8) is 0 Å². The van der Waals surface area contributed by atoms with Crippen molar-refractivity contribution >= 4 is 17.5 Å². The number of carbonyl (C=O) groups excluding carboxylic acids is 1. The highest BCUT2D eigenvalue weighted by Crippen LogP contribution is 2.47. The summed E-state index contributed by atoms with van der Waals surface area (Å²) in [5.74, 6) is -0.319. The number of nitrogens with one attached hydrogen (secondary N) is 1. The molecule has 16 heavy (non-hydrogen) atoms. The summed E-state index contributed by atoms with van der Waals surface area (Å²) in [6, 6.07) is 7.73. The molecule has 1 aromatic rings. The fraction of sp³-hybridized carbons (Fsp3) is 0.417. The van der Waals surface area contributed by atoms with Gasteiger partial charge in [-0.2, -0.15) is 0 Å². The molecule has 0 radical (unpaired) electrons. The molecule has 2 N–H and O–H groups in total. The Morgan fingerprint density at radius 1 is 1.38 bits per heavy atom. The average Bonchev–Trinajstić information content (AvgIpc) is 3.08. The lowest BCUT2D eigenvalue weighted by atomic mass is 9.96. The largest absolute Gasteiger partial charge is 0.387 e. The second kappa shape index (κ2) is 4.44. The highest BCUT2D eigenvalue weighted by Gasteiger charge is 2.44. The van der Waals surface area contributed by atoms with Gasteiger partial charge in [-0.05, 0) is 30.5 Å². The van der Waals surface area contributed by atoms with Gasteiger partial charge in [0, 0.05) is 17.0 Å². The molecule has 0 unspecified atom stereocenters. The smallest absolute Gasteiger partial charge is 0.245 e. The zero-order chi connectivity index (χ0) is 11.6. The molecule has 0 bridgehead atoms. The Bertz CT molecular complexity index is 385. The van der Waals surface area contributed by atoms with Gasteiger partial charge in [-0.1, -0.05) is 23.7 Å². The lowest BCUT2D eigenvalue weighted by Gasteiger charge is -2.16. The average molecular weight is 240 g/mol. The lowest BCUT2D eigenvalue weighted by Crippen LogP contribution is -2.33. The second-order valence-electron chi connectivity index (χ2n) is 4.22. The van der Waals surface area contributed by atoms with Gasteiger partial charge in [0.05, 0.1) is 0 Å². The summed E-state index contributed by atoms with van der Waals surface area (Å²) in [6.07, 6.45) is 2.14. The van der Waals surface area contributed by atoms with E-state index in [1.807, 2.05) is 24.3 Å². The number of amides is 1. The zero-order valence-corrected chi connectivity index (χ0v) is 9.63. The maximum Gasteiger partial charge on any atom is 0.245 e. The van der Waals surface area contributed by atoms with E-state index in [4.69, 9.17) is 16.7 Å². The third-order valence-corrected chi connectivity index (χ3v) is 3.33. The van der Waals surface area contributed by atoms with Crippen molar-refractivity contribution in [3.8, 4) is 0 Å². The molecule has 2 rings (SSSR count). The van der Waals surface area contributed by atoms with Crippen molar-refractivity contribution in [2.24, 2.45) is 0 Å². The molecular weight excluding hydrogens is 226 g/mol. The van der Waals surface area contributed by atoms with Gasteiger partial charge in [0.25, 0.3) is 0 Å². The number of carbonyl (C=O) groups is 1. The van der Waals surface area contributed by atoms with Gasteiger partial charge in [0.15, 0.2) is 0 Å². The first-order valence-electron chi connectivity index (χ1n) is 5.30. The van der Waals surface area contributed by atoms with Crippen molar-refractivity contribution in [1.29, 1.82) is 0 Å². The summed E-state index contributed by atoms with van der Waals surface area (Å²) in [5, 5.41) is 12.1. The normalized spacial score (nSPS) is 16.9.